The lowest BCUT2D eigenvalue weighted by atomic mass is 9.93. The van der Waals surface area contributed by atoms with Crippen molar-refractivity contribution in [3.8, 4) is 23.0 Å². The Bertz CT molecular complexity index is 3390. The van der Waals surface area contributed by atoms with Crippen molar-refractivity contribution in [1.29, 1.82) is 0 Å². The first-order chi connectivity index (χ1) is 33.8. The number of fused-ring (bicyclic) bond motifs is 2. The van der Waals surface area contributed by atoms with Crippen molar-refractivity contribution >= 4 is 67.7 Å². The monoisotopic (exact) mass is 1140 g/mol. The Morgan fingerprint density at radius 2 is 1.61 bits per heavy atom. The third kappa shape index (κ3) is 13.2. The number of rotatable bonds is 16. The SMILES string of the molecule is C[C@H]1CC(F)(F)c2c1c(C(F)(F)F)nn2CC(=O)N[C@@H](Cc1cc(F)cc(F)c1)c1nc(C#CC(C)(C)S(C)(=O)=O)ccc1-c1ccc(Cl)c2c(N(COC(=O)CCP(=O)(O)O)S(C)(=O)=O)nn(CC(F)(F)F)c12. The largest absolute Gasteiger partial charge is 0.443 e. The van der Waals surface area contributed by atoms with Crippen molar-refractivity contribution in [1.82, 2.24) is 29.9 Å². The lowest BCUT2D eigenvalue weighted by molar-refractivity contribution is -0.143. The molecule has 3 aromatic heterocycles. The first kappa shape index (κ1) is 57.5. The van der Waals surface area contributed by atoms with Gasteiger partial charge in [0.2, 0.25) is 15.9 Å². The Morgan fingerprint density at radius 3 is 2.18 bits per heavy atom. The van der Waals surface area contributed by atoms with E-state index in [4.69, 9.17) is 16.3 Å². The molecule has 402 valence electrons. The molecule has 1 aliphatic rings. The third-order valence-corrected chi connectivity index (χ3v) is 15.5. The summed E-state index contributed by atoms with van der Waals surface area (Å²) in [7, 11) is -13.5. The normalized spacial score (nSPS) is 15.6. The van der Waals surface area contributed by atoms with Crippen molar-refractivity contribution in [2.75, 3.05) is 29.7 Å². The number of hydrogen-bond donors (Lipinski definition) is 3. The second-order valence-electron chi connectivity index (χ2n) is 17.6. The summed E-state index contributed by atoms with van der Waals surface area (Å²) < 4.78 is 213. The first-order valence-corrected chi connectivity index (χ1v) is 27.2. The fourth-order valence-electron chi connectivity index (χ4n) is 7.83. The maximum atomic E-state index is 15.4. The maximum absolute atomic E-state index is 15.4. The molecule has 0 fully saturated rings. The number of nitrogens with one attached hydrogen (secondary N) is 1. The highest BCUT2D eigenvalue weighted by Gasteiger charge is 2.53. The molecule has 0 unspecified atom stereocenters. The van der Waals surface area contributed by atoms with E-state index >= 15 is 8.78 Å². The number of sulfone groups is 1. The highest BCUT2D eigenvalue weighted by Crippen LogP contribution is 2.52. The van der Waals surface area contributed by atoms with E-state index in [9.17, 15) is 75.9 Å². The Hall–Kier alpha value is -5.79. The number of carbonyl (C=O) groups is 2. The van der Waals surface area contributed by atoms with Crippen LogP contribution in [0.25, 0.3) is 22.0 Å². The van der Waals surface area contributed by atoms with Crippen LogP contribution >= 0.6 is 19.2 Å². The van der Waals surface area contributed by atoms with E-state index < -0.39 is 181 Å². The van der Waals surface area contributed by atoms with Gasteiger partial charge >= 0.3 is 25.9 Å². The van der Waals surface area contributed by atoms with E-state index in [1.807, 2.05) is 0 Å². The predicted molar refractivity (Wildman–Crippen MR) is 245 cm³/mol. The van der Waals surface area contributed by atoms with Gasteiger partial charge in [-0.05, 0) is 68.0 Å². The van der Waals surface area contributed by atoms with Gasteiger partial charge in [-0.25, -0.2) is 34.9 Å². The van der Waals surface area contributed by atoms with Crippen LogP contribution in [0.1, 0.15) is 79.5 Å². The van der Waals surface area contributed by atoms with Gasteiger partial charge in [0.25, 0.3) is 5.92 Å². The zero-order chi connectivity index (χ0) is 55.5. The van der Waals surface area contributed by atoms with Gasteiger partial charge in [0, 0.05) is 35.4 Å². The summed E-state index contributed by atoms with van der Waals surface area (Å²) in [6.45, 7) is -1.17. The summed E-state index contributed by atoms with van der Waals surface area (Å²) >= 11 is 6.60. The molecule has 0 radical (unpaired) electrons. The molecule has 3 heterocycles. The minimum atomic E-state index is -5.27. The smallest absolute Gasteiger partial charge is 0.435 e. The molecular formula is C43H41ClF10N7O10PS2. The van der Waals surface area contributed by atoms with Crippen molar-refractivity contribution in [2.24, 2.45) is 0 Å². The number of anilines is 1. The lowest BCUT2D eigenvalue weighted by Gasteiger charge is -2.23. The number of aromatic nitrogens is 5. The van der Waals surface area contributed by atoms with Crippen LogP contribution in [0, 0.1) is 23.5 Å². The number of ether oxygens (including phenoxy) is 1. The van der Waals surface area contributed by atoms with Gasteiger partial charge in [-0.15, -0.1) is 0 Å². The Balaban J connectivity index is 1.63. The molecule has 2 atom stereocenters. The summed E-state index contributed by atoms with van der Waals surface area (Å²) in [6.07, 6.45) is -12.8. The molecule has 74 heavy (non-hydrogen) atoms. The predicted octanol–water partition coefficient (Wildman–Crippen LogP) is 7.52. The van der Waals surface area contributed by atoms with Gasteiger partial charge < -0.3 is 19.8 Å². The van der Waals surface area contributed by atoms with Crippen LogP contribution in [0.5, 0.6) is 0 Å². The zero-order valence-corrected chi connectivity index (χ0v) is 42.2. The molecule has 0 aliphatic heterocycles. The van der Waals surface area contributed by atoms with E-state index in [0.717, 1.165) is 49.6 Å². The van der Waals surface area contributed by atoms with Crippen LogP contribution in [-0.4, -0.2) is 99.4 Å². The first-order valence-electron chi connectivity index (χ1n) is 21.2. The van der Waals surface area contributed by atoms with Crippen LogP contribution in [0.2, 0.25) is 5.02 Å². The molecule has 2 aromatic carbocycles. The van der Waals surface area contributed by atoms with Gasteiger partial charge in [0.15, 0.2) is 28.1 Å². The summed E-state index contributed by atoms with van der Waals surface area (Å²) in [4.78, 5) is 49.5. The topological polar surface area (TPSA) is 233 Å². The van der Waals surface area contributed by atoms with E-state index in [2.05, 4.69) is 32.3 Å². The van der Waals surface area contributed by atoms with Crippen LogP contribution in [0.15, 0.2) is 42.5 Å². The number of sulfonamides is 1. The number of esters is 1. The summed E-state index contributed by atoms with van der Waals surface area (Å²) in [5, 5.41) is 8.54. The number of amides is 1. The maximum Gasteiger partial charge on any atom is 0.435 e. The van der Waals surface area contributed by atoms with Gasteiger partial charge in [-0.2, -0.15) is 45.3 Å². The fraction of sp³-hybridized carbons (Fsp3) is 0.419. The highest BCUT2D eigenvalue weighted by atomic mass is 35.5. The number of carbonyl (C=O) groups excluding carboxylic acids is 2. The number of pyridine rings is 1. The van der Waals surface area contributed by atoms with Crippen LogP contribution in [0.4, 0.5) is 49.7 Å². The van der Waals surface area contributed by atoms with Crippen LogP contribution in [0.3, 0.4) is 0 Å². The molecule has 0 saturated carbocycles. The second kappa shape index (κ2) is 20.4. The minimum absolute atomic E-state index is 0.141. The van der Waals surface area contributed by atoms with Crippen molar-refractivity contribution in [2.45, 2.75) is 88.1 Å². The fourth-order valence-corrected chi connectivity index (χ4v) is 9.46. The quantitative estimate of drug-likeness (QED) is 0.0286. The number of benzene rings is 2. The zero-order valence-electron chi connectivity index (χ0n) is 38.9. The highest BCUT2D eigenvalue weighted by molar-refractivity contribution is 7.92. The second-order valence-corrected chi connectivity index (χ2v) is 24.3. The number of halogens is 11. The van der Waals surface area contributed by atoms with E-state index in [0.29, 0.717) is 12.3 Å². The lowest BCUT2D eigenvalue weighted by Crippen LogP contribution is -2.35. The van der Waals surface area contributed by atoms with Crippen LogP contribution < -0.4 is 9.62 Å². The molecule has 1 amide bonds. The van der Waals surface area contributed by atoms with Gasteiger partial charge in [-0.3, -0.25) is 23.5 Å². The van der Waals surface area contributed by atoms with Gasteiger partial charge in [0.1, 0.15) is 40.9 Å². The van der Waals surface area contributed by atoms with Crippen LogP contribution in [-0.2, 0) is 70.4 Å². The molecule has 3 N–H and O–H groups in total. The summed E-state index contributed by atoms with van der Waals surface area (Å²) in [6, 6.07) is 4.53. The molecule has 1 aliphatic carbocycles. The van der Waals surface area contributed by atoms with Crippen molar-refractivity contribution in [3.63, 3.8) is 0 Å². The molecule has 0 spiro atoms. The number of hydrogen-bond acceptors (Lipinski definition) is 11. The Labute approximate surface area is 419 Å². The molecule has 6 rings (SSSR count). The van der Waals surface area contributed by atoms with Crippen molar-refractivity contribution in [3.05, 3.63) is 93.0 Å². The van der Waals surface area contributed by atoms with E-state index in [-0.39, 0.29) is 30.5 Å². The van der Waals surface area contributed by atoms with E-state index in [1.54, 1.807) is 0 Å². The average molecular weight is 1140 g/mol. The van der Waals surface area contributed by atoms with Crippen molar-refractivity contribution < 1.29 is 89.4 Å². The summed E-state index contributed by atoms with van der Waals surface area (Å²) in [5.41, 5.74) is -6.30. The minimum Gasteiger partial charge on any atom is -0.443 e. The number of nitrogens with zero attached hydrogens (tertiary/aromatic N) is 6. The Kier molecular flexibility index (Phi) is 15.8. The van der Waals surface area contributed by atoms with Gasteiger partial charge in [0.05, 0.1) is 46.5 Å². The molecule has 0 bridgehead atoms. The molecule has 17 nitrogen and oxygen atoms in total. The average Bonchev–Trinajstić information content (AvgIpc) is 3.87. The molecule has 0 saturated heterocycles. The summed E-state index contributed by atoms with van der Waals surface area (Å²) in [5.74, 6) is -6.25. The van der Waals surface area contributed by atoms with E-state index in [1.165, 1.54) is 13.8 Å². The standard InChI is InChI=1S/C43H41ClF10N7O10PS2/c1-22-18-41(47,48)38-33(22)37(43(52,53)54)57-59(38)19-31(62)56-30(16-23-14-24(45)17-25(46)15-23)35-27(7-6-26(55-35)10-12-40(2,3)73(4,67)68)28-8-9-29(44)34-36(28)60(20-42(49,50)51)58-39(34)61(74(5,69)70)21-71-32(63)11-13-72(64,65)66/h6-9,14-15,17,22,30H,11,13,16,18-21H2,1-5H3,(H,56,62)(H2,64,65,66)/t22-,30-/m0/s1. The number of alkyl halides is 8. The Morgan fingerprint density at radius 1 is 0.986 bits per heavy atom. The molecule has 31 heteroatoms. The molecule has 5 aromatic rings. The van der Waals surface area contributed by atoms with Gasteiger partial charge in [-0.1, -0.05) is 30.5 Å². The molecular weight excluding hydrogens is 1100 g/mol. The third-order valence-electron chi connectivity index (χ3n) is 11.4.